The van der Waals surface area contributed by atoms with Gasteiger partial charge in [0.1, 0.15) is 17.7 Å². The first kappa shape index (κ1) is 6.97. The number of aromatic nitrogens is 3. The molecule has 0 spiro atoms. The van der Waals surface area contributed by atoms with Crippen molar-refractivity contribution in [3.05, 3.63) is 30.3 Å². The van der Waals surface area contributed by atoms with E-state index < -0.39 is 0 Å². The van der Waals surface area contributed by atoms with Gasteiger partial charge in [0.05, 0.1) is 4.70 Å². The molecular formula is C8H4FN3S. The van der Waals surface area contributed by atoms with Crippen LogP contribution in [0.15, 0.2) is 24.5 Å². The highest BCUT2D eigenvalue weighted by molar-refractivity contribution is 7.23. The molecule has 0 saturated carbocycles. The average Bonchev–Trinajstić information content (AvgIpc) is 2.62. The van der Waals surface area contributed by atoms with Gasteiger partial charge in [-0.15, -0.1) is 0 Å². The van der Waals surface area contributed by atoms with Gasteiger partial charge in [-0.05, 0) is 12.1 Å². The van der Waals surface area contributed by atoms with Gasteiger partial charge < -0.3 is 0 Å². The number of rotatable bonds is 0. The van der Waals surface area contributed by atoms with Crippen molar-refractivity contribution >= 4 is 26.5 Å². The van der Waals surface area contributed by atoms with E-state index in [1.807, 2.05) is 6.07 Å². The lowest BCUT2D eigenvalue weighted by molar-refractivity contribution is 0.634. The summed E-state index contributed by atoms with van der Waals surface area (Å²) in [5.41, 5.74) is 0.514. The van der Waals surface area contributed by atoms with Crippen LogP contribution in [0.4, 0.5) is 4.39 Å². The van der Waals surface area contributed by atoms with Gasteiger partial charge in [-0.2, -0.15) is 5.10 Å². The second-order valence-electron chi connectivity index (χ2n) is 2.64. The second-order valence-corrected chi connectivity index (χ2v) is 3.65. The van der Waals surface area contributed by atoms with Gasteiger partial charge in [0.25, 0.3) is 0 Å². The second kappa shape index (κ2) is 2.26. The number of thiazole rings is 1. The summed E-state index contributed by atoms with van der Waals surface area (Å²) in [6.45, 7) is 0. The third-order valence-electron chi connectivity index (χ3n) is 1.88. The number of nitrogens with zero attached hydrogens (tertiary/aromatic N) is 3. The van der Waals surface area contributed by atoms with Crippen LogP contribution in [0.25, 0.3) is 15.2 Å². The smallest absolute Gasteiger partial charge is 0.206 e. The minimum absolute atomic E-state index is 0.255. The Bertz CT molecular complexity index is 583. The quantitative estimate of drug-likeness (QED) is 0.547. The van der Waals surface area contributed by atoms with Crippen molar-refractivity contribution in [1.82, 2.24) is 14.6 Å². The van der Waals surface area contributed by atoms with E-state index in [2.05, 4.69) is 10.1 Å². The molecule has 2 aromatic heterocycles. The highest BCUT2D eigenvalue weighted by atomic mass is 32.1. The predicted octanol–water partition coefficient (Wildman–Crippen LogP) is 2.08. The Labute approximate surface area is 76.4 Å². The van der Waals surface area contributed by atoms with Crippen LogP contribution >= 0.6 is 11.3 Å². The third-order valence-corrected chi connectivity index (χ3v) is 2.89. The summed E-state index contributed by atoms with van der Waals surface area (Å²) in [7, 11) is 0. The maximum Gasteiger partial charge on any atom is 0.213 e. The minimum atomic E-state index is -0.255. The van der Waals surface area contributed by atoms with Gasteiger partial charge in [0.2, 0.25) is 4.96 Å². The van der Waals surface area contributed by atoms with Crippen molar-refractivity contribution in [3.8, 4) is 0 Å². The first-order valence-electron chi connectivity index (χ1n) is 3.73. The molecule has 0 aliphatic rings. The largest absolute Gasteiger partial charge is 0.213 e. The zero-order valence-electron chi connectivity index (χ0n) is 6.44. The standard InChI is InChI=1S/C8H4FN3S/c9-5-2-1-3-6-7(5)12-8(13-6)10-4-11-12/h1-4H. The summed E-state index contributed by atoms with van der Waals surface area (Å²) in [6.07, 6.45) is 1.43. The van der Waals surface area contributed by atoms with E-state index in [9.17, 15) is 4.39 Å². The Hall–Kier alpha value is -1.49. The topological polar surface area (TPSA) is 30.2 Å². The Balaban J connectivity index is 2.68. The summed E-state index contributed by atoms with van der Waals surface area (Å²) >= 11 is 1.43. The van der Waals surface area contributed by atoms with Crippen molar-refractivity contribution in [2.45, 2.75) is 0 Å². The van der Waals surface area contributed by atoms with Crippen molar-refractivity contribution in [2.75, 3.05) is 0 Å². The molecule has 0 amide bonds. The molecule has 0 aliphatic heterocycles. The van der Waals surface area contributed by atoms with E-state index >= 15 is 0 Å². The molecule has 3 nitrogen and oxygen atoms in total. The van der Waals surface area contributed by atoms with E-state index in [1.54, 1.807) is 6.07 Å². The normalized spacial score (nSPS) is 11.5. The van der Waals surface area contributed by atoms with Crippen LogP contribution in [0.2, 0.25) is 0 Å². The van der Waals surface area contributed by atoms with Gasteiger partial charge in [-0.1, -0.05) is 17.4 Å². The molecule has 0 aliphatic carbocycles. The van der Waals surface area contributed by atoms with Crippen LogP contribution in [0.1, 0.15) is 0 Å². The van der Waals surface area contributed by atoms with E-state index in [4.69, 9.17) is 0 Å². The van der Waals surface area contributed by atoms with Crippen molar-refractivity contribution in [3.63, 3.8) is 0 Å². The molecule has 0 unspecified atom stereocenters. The van der Waals surface area contributed by atoms with Crippen molar-refractivity contribution in [2.24, 2.45) is 0 Å². The van der Waals surface area contributed by atoms with Crippen LogP contribution in [0, 0.1) is 5.82 Å². The lowest BCUT2D eigenvalue weighted by Gasteiger charge is -1.90. The van der Waals surface area contributed by atoms with E-state index in [0.29, 0.717) is 5.52 Å². The first-order chi connectivity index (χ1) is 6.36. The summed E-state index contributed by atoms with van der Waals surface area (Å²) in [5.74, 6) is -0.255. The molecule has 0 atom stereocenters. The summed E-state index contributed by atoms with van der Waals surface area (Å²) in [5, 5.41) is 3.94. The molecule has 1 aromatic carbocycles. The van der Waals surface area contributed by atoms with Gasteiger partial charge in [-0.3, -0.25) is 0 Å². The summed E-state index contributed by atoms with van der Waals surface area (Å²) < 4.78 is 15.7. The molecule has 3 aromatic rings. The predicted molar refractivity (Wildman–Crippen MR) is 48.3 cm³/mol. The number of fused-ring (bicyclic) bond motifs is 3. The Morgan fingerprint density at radius 2 is 2.31 bits per heavy atom. The van der Waals surface area contributed by atoms with Crippen LogP contribution in [0.5, 0.6) is 0 Å². The molecule has 64 valence electrons. The highest BCUT2D eigenvalue weighted by Crippen LogP contribution is 2.25. The SMILES string of the molecule is Fc1cccc2sc3ncnn3c12. The Kier molecular flexibility index (Phi) is 1.21. The third kappa shape index (κ3) is 0.818. The molecule has 5 heteroatoms. The molecule has 0 bridgehead atoms. The fourth-order valence-electron chi connectivity index (χ4n) is 1.34. The van der Waals surface area contributed by atoms with Crippen LogP contribution in [-0.4, -0.2) is 14.6 Å². The maximum absolute atomic E-state index is 13.3. The van der Waals surface area contributed by atoms with E-state index in [-0.39, 0.29) is 5.82 Å². The van der Waals surface area contributed by atoms with E-state index in [0.717, 1.165) is 9.66 Å². The fourth-order valence-corrected chi connectivity index (χ4v) is 2.28. The molecule has 0 N–H and O–H groups in total. The number of halogens is 1. The molecule has 13 heavy (non-hydrogen) atoms. The molecule has 0 fully saturated rings. The van der Waals surface area contributed by atoms with Crippen LogP contribution in [0.3, 0.4) is 0 Å². The number of hydrogen-bond acceptors (Lipinski definition) is 3. The van der Waals surface area contributed by atoms with E-state index in [1.165, 1.54) is 28.2 Å². The lowest BCUT2D eigenvalue weighted by Crippen LogP contribution is -1.85. The molecule has 3 rings (SSSR count). The molecule has 0 saturated heterocycles. The zero-order chi connectivity index (χ0) is 8.84. The Morgan fingerprint density at radius 3 is 3.23 bits per heavy atom. The monoisotopic (exact) mass is 193 g/mol. The fraction of sp³-hybridized carbons (Fsp3) is 0. The summed E-state index contributed by atoms with van der Waals surface area (Å²) in [6, 6.07) is 4.98. The molecule has 2 heterocycles. The number of para-hydroxylation sites is 1. The van der Waals surface area contributed by atoms with Crippen molar-refractivity contribution in [1.29, 1.82) is 0 Å². The average molecular weight is 193 g/mol. The summed E-state index contributed by atoms with van der Waals surface area (Å²) in [4.78, 5) is 4.72. The van der Waals surface area contributed by atoms with Gasteiger partial charge in [0, 0.05) is 0 Å². The number of benzene rings is 1. The van der Waals surface area contributed by atoms with Crippen molar-refractivity contribution < 1.29 is 4.39 Å². The Morgan fingerprint density at radius 1 is 1.38 bits per heavy atom. The van der Waals surface area contributed by atoms with Gasteiger partial charge in [-0.25, -0.2) is 13.9 Å². The molecular weight excluding hydrogens is 189 g/mol. The number of hydrogen-bond donors (Lipinski definition) is 0. The van der Waals surface area contributed by atoms with Crippen LogP contribution in [-0.2, 0) is 0 Å². The van der Waals surface area contributed by atoms with Crippen LogP contribution < -0.4 is 0 Å². The van der Waals surface area contributed by atoms with Gasteiger partial charge >= 0.3 is 0 Å². The highest BCUT2D eigenvalue weighted by Gasteiger charge is 2.09. The first-order valence-corrected chi connectivity index (χ1v) is 4.54. The minimum Gasteiger partial charge on any atom is -0.206 e. The van der Waals surface area contributed by atoms with Gasteiger partial charge in [0.15, 0.2) is 0 Å². The maximum atomic E-state index is 13.3. The molecule has 0 radical (unpaired) electrons. The zero-order valence-corrected chi connectivity index (χ0v) is 7.25. The lowest BCUT2D eigenvalue weighted by atomic mass is 10.3.